The van der Waals surface area contributed by atoms with Gasteiger partial charge < -0.3 is 18.0 Å². The minimum absolute atomic E-state index is 0.358. The van der Waals surface area contributed by atoms with Crippen molar-refractivity contribution < 1.29 is 27.6 Å². The average Bonchev–Trinajstić information content (AvgIpc) is 2.43. The largest absolute Gasteiger partial charge is 0.544 e. The van der Waals surface area contributed by atoms with Gasteiger partial charge in [-0.2, -0.15) is 5.48 Å². The Morgan fingerprint density at radius 3 is 1.80 bits per heavy atom. The SMILES string of the molecule is CCONC(=O)OC(CC)[Si](OCC)(OCC)OCC. The standard InChI is InChI=1S/C12H27NO6Si/c1-6-11(19-12(14)13-15-7-2)20(16-8-3,17-9-4)18-10-5/h11H,6-10H2,1-5H3,(H,13,14). The molecule has 0 aliphatic heterocycles. The number of hydrogen-bond acceptors (Lipinski definition) is 6. The van der Waals surface area contributed by atoms with Crippen LogP contribution in [0.3, 0.4) is 0 Å². The fraction of sp³-hybridized carbons (Fsp3) is 0.917. The quantitative estimate of drug-likeness (QED) is 0.465. The van der Waals surface area contributed by atoms with Gasteiger partial charge in [0, 0.05) is 19.8 Å². The van der Waals surface area contributed by atoms with E-state index >= 15 is 0 Å². The molecule has 120 valence electrons. The predicted molar refractivity (Wildman–Crippen MR) is 76.0 cm³/mol. The minimum Gasteiger partial charge on any atom is -0.440 e. The molecule has 0 bridgehead atoms. The van der Waals surface area contributed by atoms with Crippen LogP contribution >= 0.6 is 0 Å². The van der Waals surface area contributed by atoms with E-state index in [1.165, 1.54) is 0 Å². The number of nitrogens with one attached hydrogen (secondary N) is 1. The topological polar surface area (TPSA) is 75.3 Å². The zero-order chi connectivity index (χ0) is 15.4. The van der Waals surface area contributed by atoms with Crippen LogP contribution in [0.2, 0.25) is 0 Å². The third kappa shape index (κ3) is 6.19. The molecule has 0 aromatic heterocycles. The highest BCUT2D eigenvalue weighted by molar-refractivity contribution is 6.62. The molecule has 1 N–H and O–H groups in total. The zero-order valence-corrected chi connectivity index (χ0v) is 14.1. The Labute approximate surface area is 122 Å². The van der Waals surface area contributed by atoms with E-state index in [4.69, 9.17) is 22.9 Å². The van der Waals surface area contributed by atoms with Gasteiger partial charge in [0.25, 0.3) is 0 Å². The van der Waals surface area contributed by atoms with Crippen molar-refractivity contribution in [2.75, 3.05) is 26.4 Å². The molecule has 0 aliphatic carbocycles. The van der Waals surface area contributed by atoms with Gasteiger partial charge in [-0.3, -0.25) is 4.84 Å². The van der Waals surface area contributed by atoms with E-state index < -0.39 is 20.6 Å². The van der Waals surface area contributed by atoms with Crippen molar-refractivity contribution in [3.8, 4) is 0 Å². The normalized spacial score (nSPS) is 13.1. The maximum absolute atomic E-state index is 11.6. The second kappa shape index (κ2) is 11.0. The predicted octanol–water partition coefficient (Wildman–Crippen LogP) is 2.03. The molecule has 0 aliphatic rings. The van der Waals surface area contributed by atoms with Gasteiger partial charge in [-0.25, -0.2) is 4.79 Å². The van der Waals surface area contributed by atoms with Gasteiger partial charge in [0.05, 0.1) is 6.61 Å². The summed E-state index contributed by atoms with van der Waals surface area (Å²) in [4.78, 5) is 16.4. The highest BCUT2D eigenvalue weighted by Gasteiger charge is 2.51. The first-order valence-electron chi connectivity index (χ1n) is 7.10. The molecule has 0 saturated carbocycles. The highest BCUT2D eigenvalue weighted by Crippen LogP contribution is 2.21. The summed E-state index contributed by atoms with van der Waals surface area (Å²) >= 11 is 0. The monoisotopic (exact) mass is 309 g/mol. The maximum atomic E-state index is 11.6. The summed E-state index contributed by atoms with van der Waals surface area (Å²) in [5.74, 6) is 0. The van der Waals surface area contributed by atoms with Crippen LogP contribution in [0.5, 0.6) is 0 Å². The molecule has 8 heteroatoms. The Morgan fingerprint density at radius 2 is 1.45 bits per heavy atom. The molecule has 0 heterocycles. The van der Waals surface area contributed by atoms with Crippen LogP contribution in [0.15, 0.2) is 0 Å². The second-order valence-electron chi connectivity index (χ2n) is 3.74. The molecular weight excluding hydrogens is 282 g/mol. The summed E-state index contributed by atoms with van der Waals surface area (Å²) in [7, 11) is -3.07. The van der Waals surface area contributed by atoms with Gasteiger partial charge in [0.15, 0.2) is 5.73 Å². The van der Waals surface area contributed by atoms with Gasteiger partial charge in [-0.05, 0) is 34.1 Å². The van der Waals surface area contributed by atoms with Crippen LogP contribution in [0.25, 0.3) is 0 Å². The van der Waals surface area contributed by atoms with E-state index in [9.17, 15) is 4.79 Å². The van der Waals surface area contributed by atoms with Crippen molar-refractivity contribution >= 4 is 14.9 Å². The zero-order valence-electron chi connectivity index (χ0n) is 13.1. The van der Waals surface area contributed by atoms with E-state index in [-0.39, 0.29) is 0 Å². The second-order valence-corrected chi connectivity index (χ2v) is 6.46. The number of carbonyl (C=O) groups excluding carboxylic acids is 1. The average molecular weight is 309 g/mol. The molecule has 20 heavy (non-hydrogen) atoms. The smallest absolute Gasteiger partial charge is 0.440 e. The molecule has 1 atom stereocenters. The lowest BCUT2D eigenvalue weighted by molar-refractivity contribution is -0.00954. The van der Waals surface area contributed by atoms with E-state index in [1.807, 2.05) is 27.7 Å². The summed E-state index contributed by atoms with van der Waals surface area (Å²) in [5.41, 5.74) is 1.62. The lowest BCUT2D eigenvalue weighted by atomic mass is 10.5. The summed E-state index contributed by atoms with van der Waals surface area (Å²) in [6.07, 6.45) is -0.138. The number of hydroxylamine groups is 1. The van der Waals surface area contributed by atoms with Gasteiger partial charge in [0.1, 0.15) is 0 Å². The first-order valence-corrected chi connectivity index (χ1v) is 8.90. The van der Waals surface area contributed by atoms with E-state index in [1.54, 1.807) is 6.92 Å². The molecule has 0 saturated heterocycles. The van der Waals surface area contributed by atoms with Crippen LogP contribution in [-0.2, 0) is 22.9 Å². The highest BCUT2D eigenvalue weighted by atomic mass is 28.4. The van der Waals surface area contributed by atoms with Crippen molar-refractivity contribution in [2.24, 2.45) is 0 Å². The number of ether oxygens (including phenoxy) is 1. The third-order valence-corrected chi connectivity index (χ3v) is 5.74. The molecule has 0 fully saturated rings. The number of amides is 1. The number of hydrogen-bond donors (Lipinski definition) is 1. The molecule has 0 aromatic rings. The lowest BCUT2D eigenvalue weighted by Crippen LogP contribution is -2.58. The Balaban J connectivity index is 4.90. The fourth-order valence-corrected chi connectivity index (χ4v) is 4.46. The van der Waals surface area contributed by atoms with Crippen LogP contribution in [0.1, 0.15) is 41.0 Å². The first kappa shape index (κ1) is 19.3. The maximum Gasteiger partial charge on any atom is 0.544 e. The van der Waals surface area contributed by atoms with Crippen LogP contribution in [-0.4, -0.2) is 47.1 Å². The Bertz CT molecular complexity index is 249. The third-order valence-electron chi connectivity index (χ3n) is 2.35. The number of carbonyl (C=O) groups is 1. The summed E-state index contributed by atoms with van der Waals surface area (Å²) in [5, 5.41) is 0. The van der Waals surface area contributed by atoms with Crippen molar-refractivity contribution in [2.45, 2.75) is 46.8 Å². The van der Waals surface area contributed by atoms with Crippen LogP contribution in [0.4, 0.5) is 4.79 Å². The summed E-state index contributed by atoms with van der Waals surface area (Å²) in [6, 6.07) is 0. The van der Waals surface area contributed by atoms with Gasteiger partial charge in [-0.1, -0.05) is 6.92 Å². The molecule has 0 spiro atoms. The van der Waals surface area contributed by atoms with Gasteiger partial charge in [0.2, 0.25) is 0 Å². The minimum atomic E-state index is -3.07. The fourth-order valence-electron chi connectivity index (χ4n) is 1.70. The van der Waals surface area contributed by atoms with Crippen molar-refractivity contribution in [3.05, 3.63) is 0 Å². The lowest BCUT2D eigenvalue weighted by Gasteiger charge is -2.33. The Kier molecular flexibility index (Phi) is 10.7. The Hall–Kier alpha value is -0.673. The van der Waals surface area contributed by atoms with Crippen LogP contribution in [0, 0.1) is 0 Å². The molecule has 1 amide bonds. The van der Waals surface area contributed by atoms with Crippen LogP contribution < -0.4 is 5.48 Å². The van der Waals surface area contributed by atoms with E-state index in [0.29, 0.717) is 32.8 Å². The molecule has 1 unspecified atom stereocenters. The molecule has 0 rings (SSSR count). The molecule has 0 radical (unpaired) electrons. The van der Waals surface area contributed by atoms with Crippen molar-refractivity contribution in [1.82, 2.24) is 5.48 Å². The Morgan fingerprint density at radius 1 is 0.950 bits per heavy atom. The summed E-state index contributed by atoms with van der Waals surface area (Å²) in [6.45, 7) is 10.9. The van der Waals surface area contributed by atoms with E-state index in [0.717, 1.165) is 0 Å². The van der Waals surface area contributed by atoms with E-state index in [2.05, 4.69) is 5.48 Å². The van der Waals surface area contributed by atoms with Crippen molar-refractivity contribution in [1.29, 1.82) is 0 Å². The molecule has 7 nitrogen and oxygen atoms in total. The first-order chi connectivity index (χ1) is 9.60. The molecule has 0 aromatic carbocycles. The summed E-state index contributed by atoms with van der Waals surface area (Å²) < 4.78 is 22.5. The number of rotatable bonds is 11. The van der Waals surface area contributed by atoms with Gasteiger partial charge in [-0.15, -0.1) is 0 Å². The van der Waals surface area contributed by atoms with Gasteiger partial charge >= 0.3 is 14.9 Å². The molecular formula is C12H27NO6Si. The van der Waals surface area contributed by atoms with Crippen molar-refractivity contribution in [3.63, 3.8) is 0 Å².